The summed E-state index contributed by atoms with van der Waals surface area (Å²) in [6, 6.07) is 3.15. The molecule has 0 heterocycles. The number of rotatable bonds is 6. The predicted molar refractivity (Wildman–Crippen MR) is 109 cm³/mol. The van der Waals surface area contributed by atoms with Crippen LogP contribution in [0, 0.1) is 46.3 Å². The van der Waals surface area contributed by atoms with Crippen LogP contribution in [0.15, 0.2) is 23.2 Å². The van der Waals surface area contributed by atoms with Gasteiger partial charge in [0.05, 0.1) is 18.1 Å². The van der Waals surface area contributed by atoms with Gasteiger partial charge in [-0.2, -0.15) is 5.26 Å². The Morgan fingerprint density at radius 2 is 1.87 bits per heavy atom. The van der Waals surface area contributed by atoms with Crippen LogP contribution in [-0.2, 0) is 16.1 Å². The molecule has 4 saturated carbocycles. The fourth-order valence-electron chi connectivity index (χ4n) is 6.04. The number of hydrogen-bond donors (Lipinski definition) is 2. The molecule has 31 heavy (non-hydrogen) atoms. The molecule has 0 aromatic heterocycles. The van der Waals surface area contributed by atoms with Crippen molar-refractivity contribution in [1.82, 2.24) is 5.32 Å². The Morgan fingerprint density at radius 3 is 2.42 bits per heavy atom. The number of carbonyl (C=O) groups is 1. The van der Waals surface area contributed by atoms with E-state index < -0.39 is 28.6 Å². The average molecular weight is 431 g/mol. The number of nitrogens with one attached hydrogen (secondary N) is 1. The van der Waals surface area contributed by atoms with Gasteiger partial charge < -0.3 is 9.84 Å². The van der Waals surface area contributed by atoms with E-state index in [-0.39, 0.29) is 24.5 Å². The van der Waals surface area contributed by atoms with Gasteiger partial charge in [0.2, 0.25) is 0 Å². The normalized spacial score (nSPS) is 32.0. The maximum Gasteiger partial charge on any atom is 0.309 e. The molecular formula is C23H27F2N3O3. The zero-order chi connectivity index (χ0) is 22.4. The highest BCUT2D eigenvalue weighted by Gasteiger charge is 2.59. The monoisotopic (exact) mass is 431 g/mol. The Balaban J connectivity index is 1.54. The number of halogens is 2. The molecule has 4 bridgehead atoms. The summed E-state index contributed by atoms with van der Waals surface area (Å²) in [6.45, 7) is 3.46. The number of hydrogen-bond acceptors (Lipinski definition) is 4. The summed E-state index contributed by atoms with van der Waals surface area (Å²) in [7, 11) is 0. The molecule has 5 rings (SSSR count). The summed E-state index contributed by atoms with van der Waals surface area (Å²) >= 11 is 0. The van der Waals surface area contributed by atoms with Gasteiger partial charge in [-0.25, -0.2) is 8.78 Å². The number of nitrogens with zero attached hydrogens (tertiary/aromatic N) is 2. The SMILES string of the molecule is CC(C)(OCc1cc(F)cc(F)c1)C(=NC1C2CC3CC1CC(C(=O)O)(C3)C2)NC#N. The van der Waals surface area contributed by atoms with E-state index in [1.54, 1.807) is 13.8 Å². The lowest BCUT2D eigenvalue weighted by molar-refractivity contribution is -0.166. The molecule has 8 heteroatoms. The minimum atomic E-state index is -1.00. The lowest BCUT2D eigenvalue weighted by Gasteiger charge is -2.57. The molecule has 1 aromatic carbocycles. The van der Waals surface area contributed by atoms with Gasteiger partial charge in [0, 0.05) is 6.07 Å². The van der Waals surface area contributed by atoms with Crippen molar-refractivity contribution in [3.8, 4) is 6.19 Å². The van der Waals surface area contributed by atoms with Crippen molar-refractivity contribution in [3.63, 3.8) is 0 Å². The van der Waals surface area contributed by atoms with Gasteiger partial charge in [-0.05, 0) is 81.4 Å². The molecule has 2 N–H and O–H groups in total. The van der Waals surface area contributed by atoms with Gasteiger partial charge in [-0.15, -0.1) is 0 Å². The highest BCUT2D eigenvalue weighted by atomic mass is 19.1. The van der Waals surface area contributed by atoms with E-state index in [1.165, 1.54) is 12.1 Å². The van der Waals surface area contributed by atoms with Crippen LogP contribution in [0.25, 0.3) is 0 Å². The molecular weight excluding hydrogens is 404 g/mol. The third kappa shape index (κ3) is 4.16. The summed E-state index contributed by atoms with van der Waals surface area (Å²) < 4.78 is 32.9. The summed E-state index contributed by atoms with van der Waals surface area (Å²) in [5, 5.41) is 21.7. The van der Waals surface area contributed by atoms with Crippen LogP contribution in [0.4, 0.5) is 8.78 Å². The van der Waals surface area contributed by atoms with E-state index in [1.807, 2.05) is 6.19 Å². The number of carboxylic acids is 1. The number of nitriles is 1. The van der Waals surface area contributed by atoms with E-state index in [4.69, 9.17) is 9.73 Å². The predicted octanol–water partition coefficient (Wildman–Crippen LogP) is 4.01. The zero-order valence-corrected chi connectivity index (χ0v) is 17.7. The standard InChI is InChI=1S/C23H27F2N3O3/c1-22(2,31-11-14-5-17(24)7-18(25)6-14)20(27-12-26)28-19-15-3-13-4-16(19)10-23(8-13,9-15)21(29)30/h5-7,13,15-16,19H,3-4,8-11H2,1-2H3,(H,27,28)(H,29,30). The smallest absolute Gasteiger partial charge is 0.309 e. The minimum absolute atomic E-state index is 0.0461. The van der Waals surface area contributed by atoms with Crippen LogP contribution in [0.1, 0.15) is 51.5 Å². The molecule has 6 nitrogen and oxygen atoms in total. The van der Waals surface area contributed by atoms with Crippen molar-refractivity contribution < 1.29 is 23.4 Å². The first-order chi connectivity index (χ1) is 14.6. The Kier molecular flexibility index (Phi) is 5.50. The number of carboxylic acid groups (broad SMARTS) is 1. The molecule has 4 aliphatic rings. The van der Waals surface area contributed by atoms with Crippen molar-refractivity contribution in [2.24, 2.45) is 28.2 Å². The molecule has 2 unspecified atom stereocenters. The number of amidine groups is 1. The van der Waals surface area contributed by atoms with Crippen LogP contribution < -0.4 is 5.32 Å². The third-order valence-corrected chi connectivity index (χ3v) is 7.22. The van der Waals surface area contributed by atoms with E-state index in [0.717, 1.165) is 25.3 Å². The van der Waals surface area contributed by atoms with Gasteiger partial charge in [-0.3, -0.25) is 15.1 Å². The second kappa shape index (κ2) is 7.86. The summed E-state index contributed by atoms with van der Waals surface area (Å²) in [5.41, 5.74) is -1.28. The Bertz CT molecular complexity index is 920. The lowest BCUT2D eigenvalue weighted by Crippen LogP contribution is -2.56. The van der Waals surface area contributed by atoms with Gasteiger partial charge in [-0.1, -0.05) is 0 Å². The van der Waals surface area contributed by atoms with Crippen molar-refractivity contribution in [1.29, 1.82) is 5.26 Å². The molecule has 0 aliphatic heterocycles. The third-order valence-electron chi connectivity index (χ3n) is 7.22. The van der Waals surface area contributed by atoms with Gasteiger partial charge in [0.15, 0.2) is 6.19 Å². The minimum Gasteiger partial charge on any atom is -0.481 e. The lowest BCUT2D eigenvalue weighted by atomic mass is 9.48. The van der Waals surface area contributed by atoms with Crippen molar-refractivity contribution in [2.45, 2.75) is 64.2 Å². The average Bonchev–Trinajstić information content (AvgIpc) is 2.67. The van der Waals surface area contributed by atoms with Crippen LogP contribution >= 0.6 is 0 Å². The van der Waals surface area contributed by atoms with E-state index in [0.29, 0.717) is 30.2 Å². The largest absolute Gasteiger partial charge is 0.481 e. The molecule has 0 spiro atoms. The number of ether oxygens (including phenoxy) is 1. The Labute approximate surface area is 180 Å². The highest BCUT2D eigenvalue weighted by Crippen LogP contribution is 2.61. The quantitative estimate of drug-likeness (QED) is 0.307. The fraction of sp³-hybridized carbons (Fsp3) is 0.609. The van der Waals surface area contributed by atoms with Gasteiger partial charge >= 0.3 is 5.97 Å². The summed E-state index contributed by atoms with van der Waals surface area (Å²) in [5.74, 6) is -0.927. The van der Waals surface area contributed by atoms with Crippen LogP contribution in [0.5, 0.6) is 0 Å². The van der Waals surface area contributed by atoms with Gasteiger partial charge in [0.25, 0.3) is 0 Å². The van der Waals surface area contributed by atoms with E-state index >= 15 is 0 Å². The van der Waals surface area contributed by atoms with E-state index in [9.17, 15) is 23.9 Å². The maximum absolute atomic E-state index is 13.5. The molecule has 0 amide bonds. The number of aliphatic carboxylic acids is 1. The summed E-state index contributed by atoms with van der Waals surface area (Å²) in [4.78, 5) is 16.8. The molecule has 166 valence electrons. The number of benzene rings is 1. The number of aliphatic imine (C=N–C) groups is 1. The highest BCUT2D eigenvalue weighted by molar-refractivity contribution is 5.91. The second-order valence-electron chi connectivity index (χ2n) is 9.84. The fourth-order valence-corrected chi connectivity index (χ4v) is 6.04. The van der Waals surface area contributed by atoms with Gasteiger partial charge in [0.1, 0.15) is 23.1 Å². The molecule has 2 atom stereocenters. The van der Waals surface area contributed by atoms with Crippen LogP contribution in [-0.4, -0.2) is 28.6 Å². The maximum atomic E-state index is 13.5. The van der Waals surface area contributed by atoms with Crippen molar-refractivity contribution >= 4 is 11.8 Å². The van der Waals surface area contributed by atoms with Crippen molar-refractivity contribution in [3.05, 3.63) is 35.4 Å². The van der Waals surface area contributed by atoms with Crippen LogP contribution in [0.2, 0.25) is 0 Å². The first-order valence-electron chi connectivity index (χ1n) is 10.7. The first kappa shape index (κ1) is 21.7. The second-order valence-corrected chi connectivity index (χ2v) is 9.84. The van der Waals surface area contributed by atoms with E-state index in [2.05, 4.69) is 5.32 Å². The molecule has 4 aliphatic carbocycles. The molecule has 4 fully saturated rings. The summed E-state index contributed by atoms with van der Waals surface area (Å²) in [6.07, 6.45) is 5.83. The zero-order valence-electron chi connectivity index (χ0n) is 17.7. The Hall–Kier alpha value is -2.53. The van der Waals surface area contributed by atoms with Crippen LogP contribution in [0.3, 0.4) is 0 Å². The topological polar surface area (TPSA) is 94.7 Å². The molecule has 0 saturated heterocycles. The first-order valence-corrected chi connectivity index (χ1v) is 10.7. The molecule has 1 aromatic rings. The Morgan fingerprint density at radius 1 is 1.26 bits per heavy atom. The molecule has 0 radical (unpaired) electrons. The van der Waals surface area contributed by atoms with Crippen molar-refractivity contribution in [2.75, 3.05) is 0 Å².